The van der Waals surface area contributed by atoms with Crippen molar-refractivity contribution in [2.24, 2.45) is 5.73 Å². The number of carbonyl (C=O) groups is 3. The van der Waals surface area contributed by atoms with Gasteiger partial charge in [0.1, 0.15) is 11.6 Å². The monoisotopic (exact) mass is 346 g/mol. The molecule has 0 unspecified atom stereocenters. The van der Waals surface area contributed by atoms with Crippen molar-refractivity contribution in [3.05, 3.63) is 64.7 Å². The van der Waals surface area contributed by atoms with Gasteiger partial charge in [0.15, 0.2) is 5.78 Å². The van der Waals surface area contributed by atoms with Crippen LogP contribution in [0.2, 0.25) is 0 Å². The summed E-state index contributed by atoms with van der Waals surface area (Å²) in [6, 6.07) is 7.25. The van der Waals surface area contributed by atoms with Crippen LogP contribution in [0, 0.1) is 18.6 Å². The molecule has 25 heavy (non-hydrogen) atoms. The maximum atomic E-state index is 13.5. The lowest BCUT2D eigenvalue weighted by Gasteiger charge is -2.08. The van der Waals surface area contributed by atoms with Crippen molar-refractivity contribution in [3.8, 4) is 0 Å². The van der Waals surface area contributed by atoms with Crippen LogP contribution in [-0.4, -0.2) is 17.6 Å². The fraction of sp³-hybridized carbons (Fsp3) is 0.167. The maximum Gasteiger partial charge on any atom is 0.248 e. The highest BCUT2D eigenvalue weighted by Gasteiger charge is 2.14. The van der Waals surface area contributed by atoms with Crippen molar-refractivity contribution in [1.82, 2.24) is 0 Å². The molecule has 2 aromatic carbocycles. The summed E-state index contributed by atoms with van der Waals surface area (Å²) in [5.41, 5.74) is 6.36. The Morgan fingerprint density at radius 3 is 2.28 bits per heavy atom. The molecule has 0 fully saturated rings. The zero-order valence-corrected chi connectivity index (χ0v) is 13.4. The summed E-state index contributed by atoms with van der Waals surface area (Å²) in [4.78, 5) is 35.0. The number of benzene rings is 2. The molecule has 0 spiro atoms. The Bertz CT molecular complexity index is 850. The minimum Gasteiger partial charge on any atom is -0.366 e. The van der Waals surface area contributed by atoms with Crippen LogP contribution in [0.4, 0.5) is 14.5 Å². The van der Waals surface area contributed by atoms with Gasteiger partial charge < -0.3 is 11.1 Å². The number of rotatable bonds is 6. The van der Waals surface area contributed by atoms with Crippen molar-refractivity contribution >= 4 is 23.3 Å². The molecule has 3 N–H and O–H groups in total. The third-order valence-electron chi connectivity index (χ3n) is 3.59. The van der Waals surface area contributed by atoms with Gasteiger partial charge in [0.2, 0.25) is 11.8 Å². The van der Waals surface area contributed by atoms with Crippen molar-refractivity contribution in [1.29, 1.82) is 0 Å². The SMILES string of the molecule is Cc1cc(NC(=O)CCC(=O)c2ccc(F)cc2F)ccc1C(N)=O. The average Bonchev–Trinajstić information content (AvgIpc) is 2.52. The number of hydrogen-bond donors (Lipinski definition) is 2. The molecule has 0 bridgehead atoms. The number of nitrogens with two attached hydrogens (primary N) is 1. The van der Waals surface area contributed by atoms with E-state index < -0.39 is 29.2 Å². The minimum absolute atomic E-state index is 0.160. The Morgan fingerprint density at radius 1 is 1.00 bits per heavy atom. The maximum absolute atomic E-state index is 13.5. The van der Waals surface area contributed by atoms with Crippen LogP contribution < -0.4 is 11.1 Å². The summed E-state index contributed by atoms with van der Waals surface area (Å²) in [6.45, 7) is 1.68. The number of anilines is 1. The molecule has 0 aliphatic heterocycles. The Morgan fingerprint density at radius 2 is 1.68 bits per heavy atom. The highest BCUT2D eigenvalue weighted by Crippen LogP contribution is 2.16. The summed E-state index contributed by atoms with van der Waals surface area (Å²) in [5, 5.41) is 2.58. The van der Waals surface area contributed by atoms with Crippen LogP contribution in [-0.2, 0) is 4.79 Å². The number of primary amides is 1. The zero-order chi connectivity index (χ0) is 18.6. The molecule has 130 valence electrons. The van der Waals surface area contributed by atoms with Crippen molar-refractivity contribution < 1.29 is 23.2 Å². The van der Waals surface area contributed by atoms with Crippen LogP contribution in [0.1, 0.15) is 39.1 Å². The van der Waals surface area contributed by atoms with E-state index in [1.807, 2.05) is 0 Å². The topological polar surface area (TPSA) is 89.3 Å². The number of ketones is 1. The van der Waals surface area contributed by atoms with E-state index >= 15 is 0 Å². The first-order chi connectivity index (χ1) is 11.8. The molecular formula is C18H16F2N2O3. The molecule has 7 heteroatoms. The van der Waals surface area contributed by atoms with Crippen molar-refractivity contribution in [3.63, 3.8) is 0 Å². The summed E-state index contributed by atoms with van der Waals surface area (Å²) in [5.74, 6) is -3.33. The van der Waals surface area contributed by atoms with Gasteiger partial charge in [-0.05, 0) is 42.8 Å². The molecule has 0 saturated carbocycles. The van der Waals surface area contributed by atoms with Gasteiger partial charge in [0, 0.05) is 30.2 Å². The second-order valence-corrected chi connectivity index (χ2v) is 5.49. The van der Waals surface area contributed by atoms with Gasteiger partial charge in [0.25, 0.3) is 0 Å². The Kier molecular flexibility index (Phi) is 5.59. The van der Waals surface area contributed by atoms with E-state index in [0.717, 1.165) is 12.1 Å². The van der Waals surface area contributed by atoms with Crippen LogP contribution in [0.15, 0.2) is 36.4 Å². The Labute approximate surface area is 142 Å². The number of halogens is 2. The number of aryl methyl sites for hydroxylation is 1. The lowest BCUT2D eigenvalue weighted by molar-refractivity contribution is -0.116. The van der Waals surface area contributed by atoms with E-state index in [1.165, 1.54) is 12.1 Å². The minimum atomic E-state index is -0.955. The largest absolute Gasteiger partial charge is 0.366 e. The lowest BCUT2D eigenvalue weighted by Crippen LogP contribution is -2.15. The quantitative estimate of drug-likeness (QED) is 0.788. The predicted octanol–water partition coefficient (Wildman–Crippen LogP) is 2.97. The summed E-state index contributed by atoms with van der Waals surface area (Å²) < 4.78 is 26.4. The second-order valence-electron chi connectivity index (χ2n) is 5.49. The van der Waals surface area contributed by atoms with Gasteiger partial charge in [-0.15, -0.1) is 0 Å². The molecule has 0 atom stereocenters. The number of amides is 2. The van der Waals surface area contributed by atoms with E-state index in [1.54, 1.807) is 13.0 Å². The number of nitrogens with one attached hydrogen (secondary N) is 1. The molecular weight excluding hydrogens is 330 g/mol. The highest BCUT2D eigenvalue weighted by atomic mass is 19.1. The first kappa shape index (κ1) is 18.3. The highest BCUT2D eigenvalue weighted by molar-refractivity contribution is 6.00. The third kappa shape index (κ3) is 4.69. The van der Waals surface area contributed by atoms with Gasteiger partial charge in [-0.1, -0.05) is 0 Å². The molecule has 0 saturated heterocycles. The Hall–Kier alpha value is -3.09. The van der Waals surface area contributed by atoms with Gasteiger partial charge in [-0.3, -0.25) is 14.4 Å². The smallest absolute Gasteiger partial charge is 0.248 e. The average molecular weight is 346 g/mol. The Balaban J connectivity index is 1.95. The molecule has 2 rings (SSSR count). The molecule has 0 radical (unpaired) electrons. The van der Waals surface area contributed by atoms with E-state index in [9.17, 15) is 23.2 Å². The van der Waals surface area contributed by atoms with Crippen LogP contribution in [0.5, 0.6) is 0 Å². The van der Waals surface area contributed by atoms with E-state index in [-0.39, 0.29) is 18.4 Å². The molecule has 0 aromatic heterocycles. The normalized spacial score (nSPS) is 10.4. The van der Waals surface area contributed by atoms with Crippen LogP contribution in [0.25, 0.3) is 0 Å². The second kappa shape index (κ2) is 7.65. The van der Waals surface area contributed by atoms with E-state index in [4.69, 9.17) is 5.73 Å². The van der Waals surface area contributed by atoms with Gasteiger partial charge >= 0.3 is 0 Å². The van der Waals surface area contributed by atoms with Gasteiger partial charge in [0.05, 0.1) is 5.56 Å². The summed E-state index contributed by atoms with van der Waals surface area (Å²) in [6.07, 6.45) is -0.376. The van der Waals surface area contributed by atoms with Gasteiger partial charge in [-0.25, -0.2) is 8.78 Å². The molecule has 0 aliphatic carbocycles. The van der Waals surface area contributed by atoms with E-state index in [2.05, 4.69) is 5.32 Å². The molecule has 2 amide bonds. The van der Waals surface area contributed by atoms with Crippen LogP contribution in [0.3, 0.4) is 0 Å². The lowest BCUT2D eigenvalue weighted by atomic mass is 10.1. The third-order valence-corrected chi connectivity index (χ3v) is 3.59. The first-order valence-corrected chi connectivity index (χ1v) is 7.46. The van der Waals surface area contributed by atoms with Crippen molar-refractivity contribution in [2.75, 3.05) is 5.32 Å². The van der Waals surface area contributed by atoms with Gasteiger partial charge in [-0.2, -0.15) is 0 Å². The fourth-order valence-electron chi connectivity index (χ4n) is 2.32. The standard InChI is InChI=1S/C18H16F2N2O3/c1-10-8-12(3-5-13(10)18(21)25)22-17(24)7-6-16(23)14-4-2-11(19)9-15(14)20/h2-5,8-9H,6-7H2,1H3,(H2,21,25)(H,22,24). The predicted molar refractivity (Wildman–Crippen MR) is 88.2 cm³/mol. The summed E-state index contributed by atoms with van der Waals surface area (Å²) in [7, 11) is 0. The number of hydrogen-bond acceptors (Lipinski definition) is 3. The molecule has 0 aliphatic rings. The fourth-order valence-corrected chi connectivity index (χ4v) is 2.32. The van der Waals surface area contributed by atoms with Crippen molar-refractivity contribution in [2.45, 2.75) is 19.8 Å². The summed E-state index contributed by atoms with van der Waals surface area (Å²) >= 11 is 0. The van der Waals surface area contributed by atoms with Crippen LogP contribution >= 0.6 is 0 Å². The molecule has 5 nitrogen and oxygen atoms in total. The number of carbonyl (C=O) groups excluding carboxylic acids is 3. The zero-order valence-electron chi connectivity index (χ0n) is 13.4. The molecule has 2 aromatic rings. The number of Topliss-reactive ketones (excluding diaryl/α,β-unsaturated/α-hetero) is 1. The molecule has 0 heterocycles. The van der Waals surface area contributed by atoms with E-state index in [0.29, 0.717) is 22.9 Å². The first-order valence-electron chi connectivity index (χ1n) is 7.46.